The first kappa shape index (κ1) is 13.1. The molecule has 1 aliphatic rings. The molecule has 1 saturated carbocycles. The van der Waals surface area contributed by atoms with Crippen molar-refractivity contribution in [2.45, 2.75) is 18.8 Å². The Morgan fingerprint density at radius 3 is 2.59 bits per heavy atom. The predicted molar refractivity (Wildman–Crippen MR) is 85.0 cm³/mol. The molecule has 1 fully saturated rings. The number of rotatable bonds is 4. The van der Waals surface area contributed by atoms with E-state index in [4.69, 9.17) is 9.72 Å². The van der Waals surface area contributed by atoms with Gasteiger partial charge in [-0.2, -0.15) is 0 Å². The number of imidazole rings is 1. The van der Waals surface area contributed by atoms with Gasteiger partial charge in [-0.1, -0.05) is 0 Å². The Labute approximate surface area is 128 Å². The number of benzene rings is 2. The van der Waals surface area contributed by atoms with Gasteiger partial charge in [-0.3, -0.25) is 9.36 Å². The van der Waals surface area contributed by atoms with Gasteiger partial charge in [0.25, 0.3) is 0 Å². The van der Waals surface area contributed by atoms with Gasteiger partial charge in [-0.05, 0) is 55.3 Å². The van der Waals surface area contributed by atoms with Crippen molar-refractivity contribution in [3.63, 3.8) is 0 Å². The lowest BCUT2D eigenvalue weighted by Crippen LogP contribution is -1.99. The molecule has 4 rings (SSSR count). The summed E-state index contributed by atoms with van der Waals surface area (Å²) in [6.45, 7) is 0. The zero-order chi connectivity index (χ0) is 15.1. The second-order valence-electron chi connectivity index (χ2n) is 5.64. The number of methoxy groups -OCH3 is 1. The molecule has 4 heteroatoms. The quantitative estimate of drug-likeness (QED) is 0.688. The molecule has 1 aromatic heterocycles. The average molecular weight is 292 g/mol. The van der Waals surface area contributed by atoms with Crippen molar-refractivity contribution in [1.29, 1.82) is 0 Å². The minimum absolute atomic E-state index is 0.522. The number of hydrogen-bond acceptors (Lipinski definition) is 3. The van der Waals surface area contributed by atoms with E-state index < -0.39 is 0 Å². The van der Waals surface area contributed by atoms with Crippen LogP contribution in [0.2, 0.25) is 0 Å². The molecule has 1 aliphatic carbocycles. The number of fused-ring (bicyclic) bond motifs is 1. The fraction of sp³-hybridized carbons (Fsp3) is 0.222. The molecular formula is C18H16N2O2. The standard InChI is InChI=1S/C18H16N2O2/c1-22-15-7-5-14(6-8-15)20-17-9-2-12(11-21)10-16(17)19-18(20)13-3-4-13/h2,5-11,13H,3-4H2,1H3. The molecule has 0 amide bonds. The minimum Gasteiger partial charge on any atom is -0.497 e. The second-order valence-corrected chi connectivity index (χ2v) is 5.64. The van der Waals surface area contributed by atoms with Crippen molar-refractivity contribution >= 4 is 17.3 Å². The maximum atomic E-state index is 11.0. The third-order valence-corrected chi connectivity index (χ3v) is 4.11. The van der Waals surface area contributed by atoms with E-state index >= 15 is 0 Å². The minimum atomic E-state index is 0.522. The molecule has 0 unspecified atom stereocenters. The summed E-state index contributed by atoms with van der Waals surface area (Å²) in [4.78, 5) is 15.8. The number of carbonyl (C=O) groups excluding carboxylic acids is 1. The van der Waals surface area contributed by atoms with Crippen LogP contribution in [-0.2, 0) is 0 Å². The zero-order valence-corrected chi connectivity index (χ0v) is 12.3. The van der Waals surface area contributed by atoms with Crippen molar-refractivity contribution in [3.05, 3.63) is 53.9 Å². The van der Waals surface area contributed by atoms with Crippen LogP contribution in [0.4, 0.5) is 0 Å². The highest BCUT2D eigenvalue weighted by Crippen LogP contribution is 2.41. The number of aldehydes is 1. The maximum Gasteiger partial charge on any atom is 0.150 e. The molecule has 1 heterocycles. The number of nitrogens with zero attached hydrogens (tertiary/aromatic N) is 2. The van der Waals surface area contributed by atoms with Gasteiger partial charge in [0.1, 0.15) is 17.9 Å². The smallest absolute Gasteiger partial charge is 0.150 e. The summed E-state index contributed by atoms with van der Waals surface area (Å²) in [5, 5.41) is 0. The number of carbonyl (C=O) groups is 1. The Balaban J connectivity index is 1.93. The third-order valence-electron chi connectivity index (χ3n) is 4.11. The molecule has 0 atom stereocenters. The van der Waals surface area contributed by atoms with E-state index in [-0.39, 0.29) is 0 Å². The van der Waals surface area contributed by atoms with Crippen LogP contribution in [0.25, 0.3) is 16.7 Å². The molecule has 0 spiro atoms. The summed E-state index contributed by atoms with van der Waals surface area (Å²) in [5.41, 5.74) is 3.65. The first-order valence-corrected chi connectivity index (χ1v) is 7.42. The van der Waals surface area contributed by atoms with Crippen molar-refractivity contribution in [3.8, 4) is 11.4 Å². The molecule has 0 N–H and O–H groups in total. The van der Waals surface area contributed by atoms with Gasteiger partial charge in [-0.25, -0.2) is 4.98 Å². The van der Waals surface area contributed by atoms with Crippen molar-refractivity contribution in [2.24, 2.45) is 0 Å². The van der Waals surface area contributed by atoms with Crippen LogP contribution in [0, 0.1) is 0 Å². The van der Waals surface area contributed by atoms with Gasteiger partial charge in [0, 0.05) is 17.2 Å². The van der Waals surface area contributed by atoms with E-state index in [1.165, 1.54) is 12.8 Å². The molecule has 3 aromatic rings. The van der Waals surface area contributed by atoms with E-state index in [9.17, 15) is 4.79 Å². The Hall–Kier alpha value is -2.62. The fourth-order valence-electron chi connectivity index (χ4n) is 2.81. The van der Waals surface area contributed by atoms with Crippen LogP contribution in [-0.4, -0.2) is 22.9 Å². The first-order chi connectivity index (χ1) is 10.8. The molecule has 0 saturated heterocycles. The summed E-state index contributed by atoms with van der Waals surface area (Å²) < 4.78 is 7.43. The van der Waals surface area contributed by atoms with Crippen LogP contribution >= 0.6 is 0 Å². The van der Waals surface area contributed by atoms with Gasteiger partial charge in [0.2, 0.25) is 0 Å². The Morgan fingerprint density at radius 2 is 1.95 bits per heavy atom. The largest absolute Gasteiger partial charge is 0.497 e. The highest BCUT2D eigenvalue weighted by Gasteiger charge is 2.30. The summed E-state index contributed by atoms with van der Waals surface area (Å²) in [6, 6.07) is 13.7. The molecule has 22 heavy (non-hydrogen) atoms. The van der Waals surface area contributed by atoms with Gasteiger partial charge >= 0.3 is 0 Å². The van der Waals surface area contributed by atoms with Crippen molar-refractivity contribution in [1.82, 2.24) is 9.55 Å². The van der Waals surface area contributed by atoms with Crippen LogP contribution < -0.4 is 4.74 Å². The summed E-state index contributed by atoms with van der Waals surface area (Å²) in [5.74, 6) is 2.45. The topological polar surface area (TPSA) is 44.1 Å². The van der Waals surface area contributed by atoms with Crippen LogP contribution in [0.5, 0.6) is 5.75 Å². The molecular weight excluding hydrogens is 276 g/mol. The molecule has 4 nitrogen and oxygen atoms in total. The predicted octanol–water partition coefficient (Wildman–Crippen LogP) is 3.72. The molecule has 0 bridgehead atoms. The van der Waals surface area contributed by atoms with E-state index in [0.717, 1.165) is 34.6 Å². The lowest BCUT2D eigenvalue weighted by atomic mass is 10.2. The van der Waals surface area contributed by atoms with E-state index in [2.05, 4.69) is 4.57 Å². The van der Waals surface area contributed by atoms with Gasteiger partial charge < -0.3 is 4.74 Å². The Bertz CT molecular complexity index is 845. The molecule has 0 radical (unpaired) electrons. The van der Waals surface area contributed by atoms with Crippen LogP contribution in [0.1, 0.15) is 34.9 Å². The zero-order valence-electron chi connectivity index (χ0n) is 12.3. The van der Waals surface area contributed by atoms with Gasteiger partial charge in [-0.15, -0.1) is 0 Å². The summed E-state index contributed by atoms with van der Waals surface area (Å²) in [6.07, 6.45) is 3.22. The maximum absolute atomic E-state index is 11.0. The Morgan fingerprint density at radius 1 is 1.18 bits per heavy atom. The second kappa shape index (κ2) is 4.98. The lowest BCUT2D eigenvalue weighted by molar-refractivity contribution is 0.112. The van der Waals surface area contributed by atoms with Crippen LogP contribution in [0.15, 0.2) is 42.5 Å². The third kappa shape index (κ3) is 2.08. The number of hydrogen-bond donors (Lipinski definition) is 0. The van der Waals surface area contributed by atoms with Gasteiger partial charge in [0.05, 0.1) is 18.1 Å². The Kier molecular flexibility index (Phi) is 2.96. The fourth-order valence-corrected chi connectivity index (χ4v) is 2.81. The average Bonchev–Trinajstić information content (AvgIpc) is 3.35. The highest BCUT2D eigenvalue weighted by molar-refractivity contribution is 5.86. The number of aromatic nitrogens is 2. The molecule has 2 aromatic carbocycles. The number of ether oxygens (including phenoxy) is 1. The normalized spacial score (nSPS) is 14.2. The highest BCUT2D eigenvalue weighted by atomic mass is 16.5. The SMILES string of the molecule is COc1ccc(-n2c(C3CC3)nc3cc(C=O)ccc32)cc1. The van der Waals surface area contributed by atoms with E-state index in [1.807, 2.05) is 42.5 Å². The van der Waals surface area contributed by atoms with Crippen molar-refractivity contribution < 1.29 is 9.53 Å². The summed E-state index contributed by atoms with van der Waals surface area (Å²) >= 11 is 0. The van der Waals surface area contributed by atoms with E-state index in [1.54, 1.807) is 7.11 Å². The van der Waals surface area contributed by atoms with Crippen molar-refractivity contribution in [2.75, 3.05) is 7.11 Å². The lowest BCUT2D eigenvalue weighted by Gasteiger charge is -2.09. The van der Waals surface area contributed by atoms with Gasteiger partial charge in [0.15, 0.2) is 0 Å². The summed E-state index contributed by atoms with van der Waals surface area (Å²) in [7, 11) is 1.66. The molecule has 110 valence electrons. The van der Waals surface area contributed by atoms with Crippen LogP contribution in [0.3, 0.4) is 0 Å². The first-order valence-electron chi connectivity index (χ1n) is 7.42. The van der Waals surface area contributed by atoms with E-state index in [0.29, 0.717) is 11.5 Å². The molecule has 0 aliphatic heterocycles. The monoisotopic (exact) mass is 292 g/mol.